The third-order valence-corrected chi connectivity index (χ3v) is 2.29. The summed E-state index contributed by atoms with van der Waals surface area (Å²) >= 11 is 1.78. The zero-order chi connectivity index (χ0) is 10.3. The van der Waals surface area contributed by atoms with Crippen LogP contribution in [-0.4, -0.2) is 22.6 Å². The van der Waals surface area contributed by atoms with Gasteiger partial charge in [-0.3, -0.25) is 4.79 Å². The summed E-state index contributed by atoms with van der Waals surface area (Å²) in [5.41, 5.74) is 3.36. The van der Waals surface area contributed by atoms with Crippen LogP contribution in [0.25, 0.3) is 0 Å². The molecule has 1 amide bonds. The third-order valence-electron chi connectivity index (χ3n) is 1.18. The van der Waals surface area contributed by atoms with E-state index in [4.69, 9.17) is 0 Å². The lowest BCUT2D eigenvalue weighted by Crippen LogP contribution is -2.18. The van der Waals surface area contributed by atoms with Crippen LogP contribution in [0.3, 0.4) is 0 Å². The van der Waals surface area contributed by atoms with E-state index in [-0.39, 0.29) is 5.91 Å². The van der Waals surface area contributed by atoms with E-state index in [0.717, 1.165) is 11.5 Å². The number of amides is 1. The fraction of sp³-hybridized carbons (Fsp3) is 0.778. The Morgan fingerprint density at radius 2 is 2.08 bits per heavy atom. The average molecular weight is 202 g/mol. The standard InChI is InChI=1S/C9H18N2OS/c1-7(2)10-11-9(12)5-6-13-8(3)4/h8H,5-6H2,1-4H3,(H,11,12). The van der Waals surface area contributed by atoms with Crippen molar-refractivity contribution < 1.29 is 4.79 Å². The van der Waals surface area contributed by atoms with Gasteiger partial charge in [-0.05, 0) is 19.1 Å². The molecule has 0 heterocycles. The van der Waals surface area contributed by atoms with Crippen LogP contribution in [0.1, 0.15) is 34.1 Å². The maximum atomic E-state index is 11.1. The number of hydrogen-bond donors (Lipinski definition) is 1. The minimum atomic E-state index is -0.00523. The molecule has 0 spiro atoms. The molecule has 0 aliphatic carbocycles. The predicted molar refractivity (Wildman–Crippen MR) is 59.1 cm³/mol. The SMILES string of the molecule is CC(C)=NNC(=O)CCSC(C)C. The molecule has 13 heavy (non-hydrogen) atoms. The van der Waals surface area contributed by atoms with Crippen molar-refractivity contribution >= 4 is 23.4 Å². The monoisotopic (exact) mass is 202 g/mol. The highest BCUT2D eigenvalue weighted by atomic mass is 32.2. The Kier molecular flexibility index (Phi) is 6.68. The highest BCUT2D eigenvalue weighted by molar-refractivity contribution is 7.99. The second-order valence-corrected chi connectivity index (χ2v) is 4.95. The lowest BCUT2D eigenvalue weighted by atomic mass is 10.5. The van der Waals surface area contributed by atoms with Crippen molar-refractivity contribution in [2.45, 2.75) is 39.4 Å². The molecule has 0 rings (SSSR count). The molecule has 0 saturated carbocycles. The van der Waals surface area contributed by atoms with Gasteiger partial charge in [-0.25, -0.2) is 5.43 Å². The summed E-state index contributed by atoms with van der Waals surface area (Å²) in [7, 11) is 0. The molecule has 76 valence electrons. The number of rotatable bonds is 5. The molecule has 0 aliphatic rings. The van der Waals surface area contributed by atoms with Gasteiger partial charge in [-0.15, -0.1) is 0 Å². The van der Waals surface area contributed by atoms with E-state index in [0.29, 0.717) is 11.7 Å². The molecule has 1 N–H and O–H groups in total. The largest absolute Gasteiger partial charge is 0.273 e. The Balaban J connectivity index is 3.47. The van der Waals surface area contributed by atoms with Gasteiger partial charge in [0.2, 0.25) is 5.91 Å². The van der Waals surface area contributed by atoms with Crippen LogP contribution in [-0.2, 0) is 4.79 Å². The molecule has 0 saturated heterocycles. The molecule has 3 nitrogen and oxygen atoms in total. The van der Waals surface area contributed by atoms with Crippen LogP contribution in [0.15, 0.2) is 5.10 Å². The lowest BCUT2D eigenvalue weighted by molar-refractivity contribution is -0.120. The first-order valence-electron chi connectivity index (χ1n) is 4.43. The van der Waals surface area contributed by atoms with Gasteiger partial charge in [-0.1, -0.05) is 13.8 Å². The molecule has 0 aromatic heterocycles. The topological polar surface area (TPSA) is 41.5 Å². The Hall–Kier alpha value is -0.510. The van der Waals surface area contributed by atoms with E-state index >= 15 is 0 Å². The molecule has 4 heteroatoms. The minimum Gasteiger partial charge on any atom is -0.273 e. The summed E-state index contributed by atoms with van der Waals surface area (Å²) in [5, 5.41) is 4.42. The highest BCUT2D eigenvalue weighted by Gasteiger charge is 2.00. The number of carbonyl (C=O) groups is 1. The van der Waals surface area contributed by atoms with Crippen molar-refractivity contribution in [2.24, 2.45) is 5.10 Å². The Morgan fingerprint density at radius 3 is 2.54 bits per heavy atom. The molecular formula is C9H18N2OS. The van der Waals surface area contributed by atoms with Gasteiger partial charge in [0.15, 0.2) is 0 Å². The second kappa shape index (κ2) is 6.95. The molecular weight excluding hydrogens is 184 g/mol. The lowest BCUT2D eigenvalue weighted by Gasteiger charge is -2.03. The van der Waals surface area contributed by atoms with E-state index in [2.05, 4.69) is 24.4 Å². The quantitative estimate of drug-likeness (QED) is 0.547. The van der Waals surface area contributed by atoms with Crippen LogP contribution >= 0.6 is 11.8 Å². The van der Waals surface area contributed by atoms with Crippen LogP contribution in [0.2, 0.25) is 0 Å². The van der Waals surface area contributed by atoms with Gasteiger partial charge in [0, 0.05) is 17.9 Å². The summed E-state index contributed by atoms with van der Waals surface area (Å²) in [6, 6.07) is 0. The van der Waals surface area contributed by atoms with Gasteiger partial charge in [-0.2, -0.15) is 16.9 Å². The maximum absolute atomic E-state index is 11.1. The molecule has 0 atom stereocenters. The second-order valence-electron chi connectivity index (χ2n) is 3.26. The van der Waals surface area contributed by atoms with E-state index in [1.807, 2.05) is 13.8 Å². The smallest absolute Gasteiger partial charge is 0.240 e. The van der Waals surface area contributed by atoms with Gasteiger partial charge in [0.25, 0.3) is 0 Å². The zero-order valence-corrected chi connectivity index (χ0v) is 9.57. The molecule has 0 aromatic carbocycles. The summed E-state index contributed by atoms with van der Waals surface area (Å²) in [5.74, 6) is 0.858. The Labute approximate surface area is 84.4 Å². The van der Waals surface area contributed by atoms with Crippen LogP contribution < -0.4 is 5.43 Å². The fourth-order valence-electron chi connectivity index (χ4n) is 0.617. The normalized spacial score (nSPS) is 9.92. The number of carbonyl (C=O) groups excluding carboxylic acids is 1. The van der Waals surface area contributed by atoms with Gasteiger partial charge in [0.05, 0.1) is 0 Å². The van der Waals surface area contributed by atoms with E-state index in [1.54, 1.807) is 11.8 Å². The first-order valence-corrected chi connectivity index (χ1v) is 5.48. The van der Waals surface area contributed by atoms with Crippen LogP contribution in [0.4, 0.5) is 0 Å². The number of hydrazone groups is 1. The van der Waals surface area contributed by atoms with Crippen molar-refractivity contribution in [1.29, 1.82) is 0 Å². The fourth-order valence-corrected chi connectivity index (χ4v) is 1.39. The summed E-state index contributed by atoms with van der Waals surface area (Å²) in [4.78, 5) is 11.1. The molecule has 0 aromatic rings. The Morgan fingerprint density at radius 1 is 1.46 bits per heavy atom. The molecule has 0 bridgehead atoms. The van der Waals surface area contributed by atoms with Crippen LogP contribution in [0, 0.1) is 0 Å². The minimum absolute atomic E-state index is 0.00523. The zero-order valence-electron chi connectivity index (χ0n) is 8.76. The number of thioether (sulfide) groups is 1. The number of nitrogens with zero attached hydrogens (tertiary/aromatic N) is 1. The van der Waals surface area contributed by atoms with Crippen molar-refractivity contribution in [1.82, 2.24) is 5.43 Å². The van der Waals surface area contributed by atoms with Gasteiger partial charge in [0.1, 0.15) is 0 Å². The summed E-state index contributed by atoms with van der Waals surface area (Å²) in [6.07, 6.45) is 0.541. The van der Waals surface area contributed by atoms with Crippen molar-refractivity contribution in [3.63, 3.8) is 0 Å². The molecule has 0 radical (unpaired) electrons. The molecule has 0 aliphatic heterocycles. The van der Waals surface area contributed by atoms with Crippen molar-refractivity contribution in [2.75, 3.05) is 5.75 Å². The number of hydrogen-bond acceptors (Lipinski definition) is 3. The van der Waals surface area contributed by atoms with Crippen molar-refractivity contribution in [3.8, 4) is 0 Å². The highest BCUT2D eigenvalue weighted by Crippen LogP contribution is 2.09. The number of nitrogens with one attached hydrogen (secondary N) is 1. The van der Waals surface area contributed by atoms with E-state index in [9.17, 15) is 4.79 Å². The van der Waals surface area contributed by atoms with Crippen molar-refractivity contribution in [3.05, 3.63) is 0 Å². The first-order chi connectivity index (χ1) is 6.02. The Bertz CT molecular complexity index is 186. The average Bonchev–Trinajstić information content (AvgIpc) is 2.00. The van der Waals surface area contributed by atoms with E-state index in [1.165, 1.54) is 0 Å². The molecule has 0 fully saturated rings. The van der Waals surface area contributed by atoms with Gasteiger partial charge >= 0.3 is 0 Å². The third kappa shape index (κ3) is 9.40. The van der Waals surface area contributed by atoms with Crippen LogP contribution in [0.5, 0.6) is 0 Å². The summed E-state index contributed by atoms with van der Waals surface area (Å²) in [6.45, 7) is 7.94. The predicted octanol–water partition coefficient (Wildman–Crippen LogP) is 2.03. The van der Waals surface area contributed by atoms with E-state index < -0.39 is 0 Å². The maximum Gasteiger partial charge on any atom is 0.240 e. The first kappa shape index (κ1) is 12.5. The van der Waals surface area contributed by atoms with Gasteiger partial charge < -0.3 is 0 Å². The summed E-state index contributed by atoms with van der Waals surface area (Å²) < 4.78 is 0. The molecule has 0 unspecified atom stereocenters.